The summed E-state index contributed by atoms with van der Waals surface area (Å²) in [5.41, 5.74) is -0.595. The van der Waals surface area contributed by atoms with Gasteiger partial charge in [0.2, 0.25) is 5.91 Å². The molecule has 5 nitrogen and oxygen atoms in total. The van der Waals surface area contributed by atoms with Crippen LogP contribution in [0.2, 0.25) is 0 Å². The van der Waals surface area contributed by atoms with Gasteiger partial charge in [-0.3, -0.25) is 9.69 Å². The monoisotopic (exact) mass is 325 g/mol. The van der Waals surface area contributed by atoms with Crippen LogP contribution in [-0.2, 0) is 4.79 Å². The third-order valence-corrected chi connectivity index (χ3v) is 4.45. The molecule has 2 N–H and O–H groups in total. The summed E-state index contributed by atoms with van der Waals surface area (Å²) in [6, 6.07) is -0.252. The number of nitrogens with zero attached hydrogens (tertiary/aromatic N) is 1. The molecular formula is C18H35N3O2. The standard InChI is InChI=1S/C18H35N3O2/c1-7-9-10-14(8-2)12-19-16(23)21-13-18(5,6)20-17(3,4)11-15(21)22/h14,20H,7-13H2,1-6H3,(H,19,23). The Morgan fingerprint density at radius 3 is 2.48 bits per heavy atom. The highest BCUT2D eigenvalue weighted by Gasteiger charge is 2.39. The van der Waals surface area contributed by atoms with Crippen LogP contribution in [-0.4, -0.2) is 41.0 Å². The molecule has 1 atom stereocenters. The average molecular weight is 325 g/mol. The number of imide groups is 1. The summed E-state index contributed by atoms with van der Waals surface area (Å²) in [5.74, 6) is 0.385. The van der Waals surface area contributed by atoms with Gasteiger partial charge in [0.25, 0.3) is 0 Å². The molecule has 0 saturated carbocycles. The number of hydrogen-bond acceptors (Lipinski definition) is 3. The maximum atomic E-state index is 12.5. The quantitative estimate of drug-likeness (QED) is 0.788. The highest BCUT2D eigenvalue weighted by molar-refractivity contribution is 5.95. The first-order valence-corrected chi connectivity index (χ1v) is 8.97. The molecule has 0 aliphatic carbocycles. The molecule has 23 heavy (non-hydrogen) atoms. The molecule has 1 fully saturated rings. The Bertz CT molecular complexity index is 418. The number of carbonyl (C=O) groups excluding carboxylic acids is 2. The fraction of sp³-hybridized carbons (Fsp3) is 0.889. The number of hydrogen-bond donors (Lipinski definition) is 2. The first-order chi connectivity index (χ1) is 10.6. The third kappa shape index (κ3) is 6.50. The zero-order chi connectivity index (χ0) is 17.7. The number of unbranched alkanes of at least 4 members (excludes halogenated alkanes) is 1. The van der Waals surface area contributed by atoms with Gasteiger partial charge in [-0.1, -0.05) is 33.1 Å². The molecule has 1 saturated heterocycles. The number of carbonyl (C=O) groups is 2. The Labute approximate surface area is 141 Å². The van der Waals surface area contributed by atoms with Gasteiger partial charge in [-0.05, 0) is 40.0 Å². The van der Waals surface area contributed by atoms with Crippen LogP contribution >= 0.6 is 0 Å². The van der Waals surface area contributed by atoms with Gasteiger partial charge in [-0.25, -0.2) is 4.79 Å². The number of rotatable bonds is 6. The molecular weight excluding hydrogens is 290 g/mol. The van der Waals surface area contributed by atoms with Crippen LogP contribution in [0.4, 0.5) is 4.79 Å². The van der Waals surface area contributed by atoms with Crippen molar-refractivity contribution in [3.8, 4) is 0 Å². The summed E-state index contributed by atoms with van der Waals surface area (Å²) < 4.78 is 0. The van der Waals surface area contributed by atoms with E-state index < -0.39 is 0 Å². The van der Waals surface area contributed by atoms with Gasteiger partial charge in [0, 0.05) is 30.6 Å². The minimum atomic E-state index is -0.303. The van der Waals surface area contributed by atoms with Crippen LogP contribution in [0.15, 0.2) is 0 Å². The zero-order valence-corrected chi connectivity index (χ0v) is 15.8. The Balaban J connectivity index is 2.68. The Morgan fingerprint density at radius 1 is 1.26 bits per heavy atom. The Kier molecular flexibility index (Phi) is 7.05. The van der Waals surface area contributed by atoms with Crippen molar-refractivity contribution in [2.45, 2.75) is 84.7 Å². The van der Waals surface area contributed by atoms with E-state index in [4.69, 9.17) is 0 Å². The molecule has 0 radical (unpaired) electrons. The van der Waals surface area contributed by atoms with E-state index in [1.807, 2.05) is 27.7 Å². The maximum absolute atomic E-state index is 12.5. The minimum absolute atomic E-state index is 0.104. The lowest BCUT2D eigenvalue weighted by molar-refractivity contribution is -0.128. The van der Waals surface area contributed by atoms with E-state index in [9.17, 15) is 9.59 Å². The molecule has 5 heteroatoms. The number of urea groups is 1. The summed E-state index contributed by atoms with van der Waals surface area (Å²) in [5, 5.41) is 6.45. The van der Waals surface area contributed by atoms with Crippen molar-refractivity contribution >= 4 is 11.9 Å². The SMILES string of the molecule is CCCCC(CC)CNC(=O)N1CC(C)(C)NC(C)(C)CC1=O. The third-order valence-electron chi connectivity index (χ3n) is 4.45. The van der Waals surface area contributed by atoms with Gasteiger partial charge in [0.15, 0.2) is 0 Å². The lowest BCUT2D eigenvalue weighted by Gasteiger charge is -2.34. The van der Waals surface area contributed by atoms with Crippen molar-refractivity contribution in [2.24, 2.45) is 5.92 Å². The van der Waals surface area contributed by atoms with Crippen LogP contribution in [0, 0.1) is 5.92 Å². The molecule has 1 aliphatic heterocycles. The predicted octanol–water partition coefficient (Wildman–Crippen LogP) is 3.29. The van der Waals surface area contributed by atoms with Crippen LogP contribution in [0.3, 0.4) is 0 Å². The smallest absolute Gasteiger partial charge is 0.324 e. The average Bonchev–Trinajstić information content (AvgIpc) is 2.50. The summed E-state index contributed by atoms with van der Waals surface area (Å²) in [6.07, 6.45) is 4.86. The van der Waals surface area contributed by atoms with Crippen molar-refractivity contribution < 1.29 is 9.59 Å². The number of nitrogens with one attached hydrogen (secondary N) is 2. The lowest BCUT2D eigenvalue weighted by atomic mass is 9.96. The second kappa shape index (κ2) is 8.13. The molecule has 1 unspecified atom stereocenters. The topological polar surface area (TPSA) is 61.4 Å². The molecule has 0 aromatic heterocycles. The highest BCUT2D eigenvalue weighted by atomic mass is 16.2. The van der Waals surface area contributed by atoms with Crippen LogP contribution in [0.1, 0.15) is 73.6 Å². The molecule has 0 bridgehead atoms. The first kappa shape index (κ1) is 19.9. The van der Waals surface area contributed by atoms with Crippen LogP contribution in [0.25, 0.3) is 0 Å². The van der Waals surface area contributed by atoms with E-state index in [-0.39, 0.29) is 23.0 Å². The summed E-state index contributed by atoms with van der Waals surface area (Å²) in [6.45, 7) is 13.5. The van der Waals surface area contributed by atoms with Gasteiger partial charge in [0.05, 0.1) is 0 Å². The van der Waals surface area contributed by atoms with Crippen molar-refractivity contribution in [2.75, 3.05) is 13.1 Å². The maximum Gasteiger partial charge on any atom is 0.324 e. The number of amides is 3. The summed E-state index contributed by atoms with van der Waals surface area (Å²) in [4.78, 5) is 26.4. The first-order valence-electron chi connectivity index (χ1n) is 8.97. The highest BCUT2D eigenvalue weighted by Crippen LogP contribution is 2.22. The largest absolute Gasteiger partial charge is 0.337 e. The van der Waals surface area contributed by atoms with Crippen molar-refractivity contribution in [1.29, 1.82) is 0 Å². The van der Waals surface area contributed by atoms with Crippen molar-refractivity contribution in [3.05, 3.63) is 0 Å². The van der Waals surface area contributed by atoms with Gasteiger partial charge in [-0.15, -0.1) is 0 Å². The molecule has 1 heterocycles. The molecule has 0 aromatic rings. The fourth-order valence-corrected chi connectivity index (χ4v) is 3.41. The Morgan fingerprint density at radius 2 is 1.91 bits per heavy atom. The fourth-order valence-electron chi connectivity index (χ4n) is 3.41. The van der Waals surface area contributed by atoms with Crippen molar-refractivity contribution in [1.82, 2.24) is 15.5 Å². The molecule has 1 rings (SSSR count). The second-order valence-corrected chi connectivity index (χ2v) is 8.15. The summed E-state index contributed by atoms with van der Waals surface area (Å²) in [7, 11) is 0. The zero-order valence-electron chi connectivity index (χ0n) is 15.8. The van der Waals surface area contributed by atoms with Gasteiger partial charge < -0.3 is 10.6 Å². The lowest BCUT2D eigenvalue weighted by Crippen LogP contribution is -2.55. The molecule has 0 aromatic carbocycles. The van der Waals surface area contributed by atoms with E-state index in [1.54, 1.807) is 0 Å². The van der Waals surface area contributed by atoms with E-state index in [2.05, 4.69) is 24.5 Å². The summed E-state index contributed by atoms with van der Waals surface area (Å²) >= 11 is 0. The van der Waals surface area contributed by atoms with E-state index in [0.717, 1.165) is 12.8 Å². The van der Waals surface area contributed by atoms with E-state index >= 15 is 0 Å². The molecule has 1 aliphatic rings. The minimum Gasteiger partial charge on any atom is -0.337 e. The van der Waals surface area contributed by atoms with Crippen LogP contribution in [0.5, 0.6) is 0 Å². The Hall–Kier alpha value is -1.10. The van der Waals surface area contributed by atoms with Gasteiger partial charge in [0.1, 0.15) is 0 Å². The molecule has 3 amide bonds. The van der Waals surface area contributed by atoms with Crippen molar-refractivity contribution in [3.63, 3.8) is 0 Å². The normalized spacial score (nSPS) is 21.7. The van der Waals surface area contributed by atoms with Gasteiger partial charge >= 0.3 is 6.03 Å². The van der Waals surface area contributed by atoms with Gasteiger partial charge in [-0.2, -0.15) is 0 Å². The molecule has 134 valence electrons. The molecule has 0 spiro atoms. The van der Waals surface area contributed by atoms with Crippen LogP contribution < -0.4 is 10.6 Å². The van der Waals surface area contributed by atoms with E-state index in [1.165, 1.54) is 17.7 Å². The second-order valence-electron chi connectivity index (χ2n) is 8.15. The predicted molar refractivity (Wildman–Crippen MR) is 94.3 cm³/mol. The van der Waals surface area contributed by atoms with E-state index in [0.29, 0.717) is 25.4 Å².